The Morgan fingerprint density at radius 1 is 1.21 bits per heavy atom. The maximum atomic E-state index is 12.2. The van der Waals surface area contributed by atoms with Gasteiger partial charge in [-0.05, 0) is 35.4 Å². The molecule has 6 nitrogen and oxygen atoms in total. The molecule has 122 valence electrons. The molecule has 0 aliphatic carbocycles. The van der Waals surface area contributed by atoms with E-state index >= 15 is 0 Å². The summed E-state index contributed by atoms with van der Waals surface area (Å²) in [7, 11) is 1.31. The normalized spacial score (nSPS) is 12.3. The first-order valence-electron chi connectivity index (χ1n) is 7.45. The van der Waals surface area contributed by atoms with Crippen LogP contribution >= 0.6 is 0 Å². The molecule has 1 aliphatic rings. The van der Waals surface area contributed by atoms with Gasteiger partial charge in [-0.2, -0.15) is 0 Å². The van der Waals surface area contributed by atoms with Crippen molar-refractivity contribution in [2.75, 3.05) is 17.7 Å². The summed E-state index contributed by atoms with van der Waals surface area (Å²) in [4.78, 5) is 35.1. The molecule has 2 amide bonds. The van der Waals surface area contributed by atoms with E-state index in [-0.39, 0.29) is 18.2 Å². The number of esters is 1. The van der Waals surface area contributed by atoms with Crippen molar-refractivity contribution in [2.24, 2.45) is 0 Å². The number of benzene rings is 2. The number of carbonyl (C=O) groups excluding carboxylic acids is 3. The van der Waals surface area contributed by atoms with Gasteiger partial charge in [0.05, 0.1) is 25.5 Å². The highest BCUT2D eigenvalue weighted by molar-refractivity contribution is 5.99. The molecule has 0 unspecified atom stereocenters. The highest BCUT2D eigenvalue weighted by Crippen LogP contribution is 2.24. The average Bonchev–Trinajstić information content (AvgIpc) is 2.93. The molecule has 1 heterocycles. The quantitative estimate of drug-likeness (QED) is 0.844. The van der Waals surface area contributed by atoms with Crippen molar-refractivity contribution in [3.05, 3.63) is 59.2 Å². The summed E-state index contributed by atoms with van der Waals surface area (Å²) in [5.41, 5.74) is 3.43. The van der Waals surface area contributed by atoms with Crippen molar-refractivity contribution < 1.29 is 19.1 Å². The Morgan fingerprint density at radius 3 is 2.83 bits per heavy atom. The second kappa shape index (κ2) is 6.54. The van der Waals surface area contributed by atoms with Gasteiger partial charge >= 0.3 is 5.97 Å². The molecular formula is C18H16N2O4. The number of methoxy groups -OCH3 is 1. The van der Waals surface area contributed by atoms with Crippen molar-refractivity contribution >= 4 is 29.2 Å². The summed E-state index contributed by atoms with van der Waals surface area (Å²) < 4.78 is 4.66. The van der Waals surface area contributed by atoms with Gasteiger partial charge in [-0.3, -0.25) is 9.59 Å². The fourth-order valence-corrected chi connectivity index (χ4v) is 2.62. The molecule has 0 spiro atoms. The summed E-state index contributed by atoms with van der Waals surface area (Å²) in [5.74, 6) is -0.692. The van der Waals surface area contributed by atoms with Crippen molar-refractivity contribution in [1.82, 2.24) is 0 Å². The summed E-state index contributed by atoms with van der Waals surface area (Å²) in [5, 5.41) is 5.51. The number of fused-ring (bicyclic) bond motifs is 1. The zero-order valence-corrected chi connectivity index (χ0v) is 13.1. The van der Waals surface area contributed by atoms with Crippen molar-refractivity contribution in [3.8, 4) is 0 Å². The fraction of sp³-hybridized carbons (Fsp3) is 0.167. The predicted octanol–water partition coefficient (Wildman–Crippen LogP) is 2.15. The molecule has 0 radical (unpaired) electrons. The standard InChI is InChI=1S/C18H16N2O4/c1-24-18(23)12-3-2-4-14(9-12)19-16(21)8-11-5-6-15-13(7-11)10-17(22)20-15/h2-7,9H,8,10H2,1H3,(H,19,21)(H,20,22). The Bertz CT molecular complexity index is 830. The molecule has 0 bridgehead atoms. The van der Waals surface area contributed by atoms with E-state index in [0.717, 1.165) is 16.8 Å². The molecular weight excluding hydrogens is 308 g/mol. The molecule has 0 saturated heterocycles. The van der Waals surface area contributed by atoms with E-state index < -0.39 is 5.97 Å². The highest BCUT2D eigenvalue weighted by Gasteiger charge is 2.18. The lowest BCUT2D eigenvalue weighted by molar-refractivity contribution is -0.116. The number of anilines is 2. The van der Waals surface area contributed by atoms with Gasteiger partial charge in [0.25, 0.3) is 0 Å². The highest BCUT2D eigenvalue weighted by atomic mass is 16.5. The van der Waals surface area contributed by atoms with E-state index in [0.29, 0.717) is 17.7 Å². The van der Waals surface area contributed by atoms with Crippen LogP contribution in [0.2, 0.25) is 0 Å². The minimum Gasteiger partial charge on any atom is -0.465 e. The summed E-state index contributed by atoms with van der Waals surface area (Å²) >= 11 is 0. The van der Waals surface area contributed by atoms with Crippen LogP contribution in [0.5, 0.6) is 0 Å². The van der Waals surface area contributed by atoms with Gasteiger partial charge in [-0.15, -0.1) is 0 Å². The van der Waals surface area contributed by atoms with Crippen LogP contribution in [-0.2, 0) is 27.2 Å². The molecule has 24 heavy (non-hydrogen) atoms. The summed E-state index contributed by atoms with van der Waals surface area (Å²) in [6, 6.07) is 12.0. The zero-order valence-electron chi connectivity index (χ0n) is 13.1. The summed E-state index contributed by atoms with van der Waals surface area (Å²) in [6.07, 6.45) is 0.524. The molecule has 2 aromatic rings. The third-order valence-corrected chi connectivity index (χ3v) is 3.73. The number of carbonyl (C=O) groups is 3. The van der Waals surface area contributed by atoms with Crippen LogP contribution in [0.3, 0.4) is 0 Å². The fourth-order valence-electron chi connectivity index (χ4n) is 2.62. The number of hydrogen-bond acceptors (Lipinski definition) is 4. The van der Waals surface area contributed by atoms with Crippen molar-refractivity contribution in [1.29, 1.82) is 0 Å². The number of amides is 2. The van der Waals surface area contributed by atoms with Gasteiger partial charge < -0.3 is 15.4 Å². The van der Waals surface area contributed by atoms with Gasteiger partial charge in [0.1, 0.15) is 0 Å². The topological polar surface area (TPSA) is 84.5 Å². The first kappa shape index (κ1) is 15.7. The van der Waals surface area contributed by atoms with Gasteiger partial charge in [-0.1, -0.05) is 18.2 Å². The van der Waals surface area contributed by atoms with Crippen LogP contribution in [0.15, 0.2) is 42.5 Å². The second-order valence-electron chi connectivity index (χ2n) is 5.51. The zero-order chi connectivity index (χ0) is 17.1. The molecule has 0 saturated carbocycles. The van der Waals surface area contributed by atoms with Crippen molar-refractivity contribution in [2.45, 2.75) is 12.8 Å². The Hall–Kier alpha value is -3.15. The van der Waals surface area contributed by atoms with Crippen LogP contribution in [0, 0.1) is 0 Å². The minimum atomic E-state index is -0.457. The van der Waals surface area contributed by atoms with E-state index in [1.54, 1.807) is 30.3 Å². The lowest BCUT2D eigenvalue weighted by Gasteiger charge is -2.08. The van der Waals surface area contributed by atoms with E-state index in [9.17, 15) is 14.4 Å². The molecule has 2 N–H and O–H groups in total. The second-order valence-corrected chi connectivity index (χ2v) is 5.51. The van der Waals surface area contributed by atoms with Crippen LogP contribution < -0.4 is 10.6 Å². The van der Waals surface area contributed by atoms with E-state index in [4.69, 9.17) is 0 Å². The Labute approximate surface area is 138 Å². The van der Waals surface area contributed by atoms with Gasteiger partial charge in [0.2, 0.25) is 11.8 Å². The number of ether oxygens (including phenoxy) is 1. The third kappa shape index (κ3) is 3.43. The molecule has 1 aliphatic heterocycles. The van der Waals surface area contributed by atoms with Gasteiger partial charge in [0.15, 0.2) is 0 Å². The SMILES string of the molecule is COC(=O)c1cccc(NC(=O)Cc2ccc3c(c2)CC(=O)N3)c1. The Morgan fingerprint density at radius 2 is 2.04 bits per heavy atom. The molecule has 2 aromatic carbocycles. The van der Waals surface area contributed by atoms with Crippen LogP contribution in [0.4, 0.5) is 11.4 Å². The monoisotopic (exact) mass is 324 g/mol. The van der Waals surface area contributed by atoms with Gasteiger partial charge in [-0.25, -0.2) is 4.79 Å². The number of nitrogens with one attached hydrogen (secondary N) is 2. The Balaban J connectivity index is 1.67. The molecule has 3 rings (SSSR count). The average molecular weight is 324 g/mol. The minimum absolute atomic E-state index is 0.0359. The van der Waals surface area contributed by atoms with E-state index in [2.05, 4.69) is 15.4 Å². The van der Waals surface area contributed by atoms with Crippen LogP contribution in [0.1, 0.15) is 21.5 Å². The largest absolute Gasteiger partial charge is 0.465 e. The lowest BCUT2D eigenvalue weighted by Crippen LogP contribution is -2.15. The Kier molecular flexibility index (Phi) is 4.29. The number of rotatable bonds is 4. The predicted molar refractivity (Wildman–Crippen MR) is 88.9 cm³/mol. The lowest BCUT2D eigenvalue weighted by atomic mass is 10.1. The van der Waals surface area contributed by atoms with E-state index in [1.165, 1.54) is 7.11 Å². The first-order chi connectivity index (χ1) is 11.5. The maximum Gasteiger partial charge on any atom is 0.337 e. The molecule has 6 heteroatoms. The molecule has 0 fully saturated rings. The van der Waals surface area contributed by atoms with E-state index in [1.807, 2.05) is 12.1 Å². The van der Waals surface area contributed by atoms with Crippen molar-refractivity contribution in [3.63, 3.8) is 0 Å². The molecule has 0 aromatic heterocycles. The molecule has 0 atom stereocenters. The smallest absolute Gasteiger partial charge is 0.337 e. The van der Waals surface area contributed by atoms with Gasteiger partial charge in [0, 0.05) is 11.4 Å². The third-order valence-electron chi connectivity index (χ3n) is 3.73. The first-order valence-corrected chi connectivity index (χ1v) is 7.45. The number of hydrogen-bond donors (Lipinski definition) is 2. The van der Waals surface area contributed by atoms with Crippen LogP contribution in [-0.4, -0.2) is 24.9 Å². The maximum absolute atomic E-state index is 12.2. The van der Waals surface area contributed by atoms with Crippen LogP contribution in [0.25, 0.3) is 0 Å². The summed E-state index contributed by atoms with van der Waals surface area (Å²) in [6.45, 7) is 0.